The maximum atomic E-state index is 9.06. The van der Waals surface area contributed by atoms with Crippen molar-refractivity contribution in [1.82, 2.24) is 0 Å². The van der Waals surface area contributed by atoms with E-state index in [0.29, 0.717) is 0 Å². The quantitative estimate of drug-likeness (QED) is 0.548. The van der Waals surface area contributed by atoms with E-state index in [1.807, 2.05) is 13.8 Å². The number of aliphatic hydroxyl groups excluding tert-OH is 2. The second-order valence-corrected chi connectivity index (χ2v) is 2.72. The Morgan fingerprint density at radius 2 is 2.11 bits per heavy atom. The van der Waals surface area contributed by atoms with Gasteiger partial charge in [0.15, 0.2) is 0 Å². The van der Waals surface area contributed by atoms with Gasteiger partial charge in [0.25, 0.3) is 0 Å². The predicted octanol–water partition coefficient (Wildman–Crippen LogP) is 0.552. The summed E-state index contributed by atoms with van der Waals surface area (Å²) in [6, 6.07) is 0. The molecule has 2 nitrogen and oxygen atoms in total. The zero-order valence-electron chi connectivity index (χ0n) is 5.96. The maximum absolute atomic E-state index is 9.06. The van der Waals surface area contributed by atoms with E-state index in [4.69, 9.17) is 10.2 Å². The molecular formula is C7H14O2. The smallest absolute Gasteiger partial charge is 0.0855 e. The van der Waals surface area contributed by atoms with Crippen molar-refractivity contribution in [2.75, 3.05) is 6.61 Å². The van der Waals surface area contributed by atoms with E-state index in [-0.39, 0.29) is 12.0 Å². The summed E-state index contributed by atoms with van der Waals surface area (Å²) >= 11 is 0. The van der Waals surface area contributed by atoms with E-state index in [1.165, 1.54) is 0 Å². The van der Waals surface area contributed by atoms with Crippen LogP contribution in [0.25, 0.3) is 0 Å². The fourth-order valence-corrected chi connectivity index (χ4v) is 0.371. The van der Waals surface area contributed by atoms with Crippen LogP contribution in [-0.2, 0) is 0 Å². The van der Waals surface area contributed by atoms with Crippen LogP contribution in [0.3, 0.4) is 0 Å². The lowest BCUT2D eigenvalue weighted by atomic mass is 9.87. The molecule has 0 rings (SSSR count). The van der Waals surface area contributed by atoms with E-state index in [0.717, 1.165) is 0 Å². The van der Waals surface area contributed by atoms with Crippen LogP contribution in [0.5, 0.6) is 0 Å². The van der Waals surface area contributed by atoms with Gasteiger partial charge in [-0.3, -0.25) is 0 Å². The van der Waals surface area contributed by atoms with Gasteiger partial charge in [-0.05, 0) is 0 Å². The zero-order valence-corrected chi connectivity index (χ0v) is 5.96. The van der Waals surface area contributed by atoms with Gasteiger partial charge in [0.2, 0.25) is 0 Å². The van der Waals surface area contributed by atoms with Crippen LogP contribution in [0.2, 0.25) is 0 Å². The van der Waals surface area contributed by atoms with Gasteiger partial charge in [-0.25, -0.2) is 0 Å². The van der Waals surface area contributed by atoms with Crippen LogP contribution < -0.4 is 0 Å². The molecule has 1 atom stereocenters. The molecule has 0 bridgehead atoms. The first-order valence-corrected chi connectivity index (χ1v) is 2.97. The maximum Gasteiger partial charge on any atom is 0.0855 e. The third-order valence-corrected chi connectivity index (χ3v) is 1.56. The molecule has 2 N–H and O–H groups in total. The Hall–Kier alpha value is -0.340. The van der Waals surface area contributed by atoms with Crippen LogP contribution in [-0.4, -0.2) is 22.9 Å². The predicted molar refractivity (Wildman–Crippen MR) is 37.1 cm³/mol. The van der Waals surface area contributed by atoms with E-state index in [9.17, 15) is 0 Å². The summed E-state index contributed by atoms with van der Waals surface area (Å²) in [6.07, 6.45) is 0.934. The summed E-state index contributed by atoms with van der Waals surface area (Å²) in [4.78, 5) is 0. The molecule has 0 saturated carbocycles. The van der Waals surface area contributed by atoms with Gasteiger partial charge in [-0.2, -0.15) is 0 Å². The normalized spacial score (nSPS) is 15.1. The van der Waals surface area contributed by atoms with Crippen molar-refractivity contribution in [1.29, 1.82) is 0 Å². The van der Waals surface area contributed by atoms with Crippen LogP contribution in [0, 0.1) is 5.41 Å². The molecule has 0 aromatic heterocycles. The highest BCUT2D eigenvalue weighted by Crippen LogP contribution is 2.20. The third-order valence-electron chi connectivity index (χ3n) is 1.56. The van der Waals surface area contributed by atoms with Gasteiger partial charge in [0, 0.05) is 5.41 Å². The molecule has 0 radical (unpaired) electrons. The third kappa shape index (κ3) is 2.16. The number of hydrogen-bond donors (Lipinski definition) is 2. The molecule has 0 aromatic rings. The molecule has 0 amide bonds. The van der Waals surface area contributed by atoms with Gasteiger partial charge in [-0.15, -0.1) is 6.58 Å². The van der Waals surface area contributed by atoms with Crippen molar-refractivity contribution in [3.05, 3.63) is 12.7 Å². The molecule has 0 saturated heterocycles. The van der Waals surface area contributed by atoms with E-state index in [1.54, 1.807) is 6.08 Å². The SMILES string of the molecule is C=CC(C)(C)[C@@H](O)CO. The molecule has 2 heteroatoms. The topological polar surface area (TPSA) is 40.5 Å². The molecule has 54 valence electrons. The molecule has 0 spiro atoms. The molecule has 0 aliphatic rings. The number of rotatable bonds is 3. The largest absolute Gasteiger partial charge is 0.394 e. The number of hydrogen-bond acceptors (Lipinski definition) is 2. The minimum Gasteiger partial charge on any atom is -0.394 e. The summed E-state index contributed by atoms with van der Waals surface area (Å²) in [5.74, 6) is 0. The van der Waals surface area contributed by atoms with Gasteiger partial charge >= 0.3 is 0 Å². The first-order valence-electron chi connectivity index (χ1n) is 2.97. The summed E-state index contributed by atoms with van der Waals surface area (Å²) in [7, 11) is 0. The minimum atomic E-state index is -0.699. The molecule has 0 unspecified atom stereocenters. The van der Waals surface area contributed by atoms with Crippen molar-refractivity contribution in [3.8, 4) is 0 Å². The highest BCUT2D eigenvalue weighted by molar-refractivity contribution is 4.92. The summed E-state index contributed by atoms with van der Waals surface area (Å²) < 4.78 is 0. The van der Waals surface area contributed by atoms with Crippen LogP contribution in [0.4, 0.5) is 0 Å². The molecule has 9 heavy (non-hydrogen) atoms. The Kier molecular flexibility index (Phi) is 2.88. The van der Waals surface area contributed by atoms with Gasteiger partial charge in [0.05, 0.1) is 12.7 Å². The first kappa shape index (κ1) is 8.66. The van der Waals surface area contributed by atoms with E-state index >= 15 is 0 Å². The average Bonchev–Trinajstić information content (AvgIpc) is 1.86. The monoisotopic (exact) mass is 130 g/mol. The van der Waals surface area contributed by atoms with Crippen molar-refractivity contribution < 1.29 is 10.2 Å². The Balaban J connectivity index is 3.95. The van der Waals surface area contributed by atoms with Crippen molar-refractivity contribution in [3.63, 3.8) is 0 Å². The lowest BCUT2D eigenvalue weighted by Crippen LogP contribution is -2.30. The Morgan fingerprint density at radius 3 is 2.22 bits per heavy atom. The standard InChI is InChI=1S/C7H14O2/c1-4-7(2,3)6(9)5-8/h4,6,8-9H,1,5H2,2-3H3/t6-/m0/s1. The Morgan fingerprint density at radius 1 is 1.67 bits per heavy atom. The Labute approximate surface area is 55.8 Å². The fraction of sp³-hybridized carbons (Fsp3) is 0.714. The number of aliphatic hydroxyl groups is 2. The van der Waals surface area contributed by atoms with Gasteiger partial charge < -0.3 is 10.2 Å². The van der Waals surface area contributed by atoms with Crippen molar-refractivity contribution >= 4 is 0 Å². The molecular weight excluding hydrogens is 116 g/mol. The van der Waals surface area contributed by atoms with E-state index < -0.39 is 6.10 Å². The lowest BCUT2D eigenvalue weighted by Gasteiger charge is -2.24. The summed E-state index contributed by atoms with van der Waals surface area (Å²) in [5, 5.41) is 17.6. The Bertz CT molecular complexity index is 97.1. The highest BCUT2D eigenvalue weighted by Gasteiger charge is 2.22. The highest BCUT2D eigenvalue weighted by atomic mass is 16.3. The molecule has 0 aliphatic carbocycles. The zero-order chi connectivity index (χ0) is 7.49. The summed E-state index contributed by atoms with van der Waals surface area (Å²) in [5.41, 5.74) is -0.380. The molecule has 0 aromatic carbocycles. The van der Waals surface area contributed by atoms with Crippen LogP contribution in [0.15, 0.2) is 12.7 Å². The molecule has 0 fully saturated rings. The second-order valence-electron chi connectivity index (χ2n) is 2.72. The molecule has 0 aliphatic heterocycles. The van der Waals surface area contributed by atoms with Crippen LogP contribution in [0.1, 0.15) is 13.8 Å². The van der Waals surface area contributed by atoms with Gasteiger partial charge in [-0.1, -0.05) is 19.9 Å². The second kappa shape index (κ2) is 2.99. The average molecular weight is 130 g/mol. The minimum absolute atomic E-state index is 0.209. The van der Waals surface area contributed by atoms with Crippen LogP contribution >= 0.6 is 0 Å². The van der Waals surface area contributed by atoms with Crippen molar-refractivity contribution in [2.24, 2.45) is 5.41 Å². The summed E-state index contributed by atoms with van der Waals surface area (Å²) in [6.45, 7) is 6.96. The molecule has 0 heterocycles. The van der Waals surface area contributed by atoms with Crippen molar-refractivity contribution in [2.45, 2.75) is 20.0 Å². The van der Waals surface area contributed by atoms with E-state index in [2.05, 4.69) is 6.58 Å². The lowest BCUT2D eigenvalue weighted by molar-refractivity contribution is 0.0276. The fourth-order valence-electron chi connectivity index (χ4n) is 0.371. The first-order chi connectivity index (χ1) is 4.04. The van der Waals surface area contributed by atoms with Gasteiger partial charge in [0.1, 0.15) is 0 Å².